The first-order valence-corrected chi connectivity index (χ1v) is 5.70. The Labute approximate surface area is 87.7 Å². The van der Waals surface area contributed by atoms with Gasteiger partial charge in [-0.15, -0.1) is 6.58 Å². The quantitative estimate of drug-likeness (QED) is 0.476. The Morgan fingerprint density at radius 2 is 2.21 bits per heavy atom. The molecule has 2 heteroatoms. The Bertz CT molecular complexity index is 164. The average molecular weight is 197 g/mol. The van der Waals surface area contributed by atoms with E-state index in [1.807, 2.05) is 6.08 Å². The standard InChI is InChI=1S/C12H23NO/c1-4-5-8-14-12(10(2)3)9-13-11-6-7-11/h4,10-13H,1,5-9H2,2-3H3. The van der Waals surface area contributed by atoms with Gasteiger partial charge in [-0.3, -0.25) is 0 Å². The highest BCUT2D eigenvalue weighted by molar-refractivity contribution is 4.82. The van der Waals surface area contributed by atoms with E-state index in [1.165, 1.54) is 12.8 Å². The van der Waals surface area contributed by atoms with Gasteiger partial charge in [0.25, 0.3) is 0 Å². The van der Waals surface area contributed by atoms with Crippen molar-refractivity contribution in [2.24, 2.45) is 5.92 Å². The predicted octanol–water partition coefficient (Wildman–Crippen LogP) is 2.36. The predicted molar refractivity (Wildman–Crippen MR) is 60.4 cm³/mol. The Morgan fingerprint density at radius 3 is 2.71 bits per heavy atom. The van der Waals surface area contributed by atoms with Crippen LogP contribution in [0.5, 0.6) is 0 Å². The smallest absolute Gasteiger partial charge is 0.0722 e. The lowest BCUT2D eigenvalue weighted by atomic mass is 10.1. The van der Waals surface area contributed by atoms with E-state index in [-0.39, 0.29) is 0 Å². The van der Waals surface area contributed by atoms with Crippen molar-refractivity contribution in [3.8, 4) is 0 Å². The summed E-state index contributed by atoms with van der Waals surface area (Å²) in [5.74, 6) is 0.589. The van der Waals surface area contributed by atoms with Crippen LogP contribution in [0.15, 0.2) is 12.7 Å². The Morgan fingerprint density at radius 1 is 1.50 bits per heavy atom. The number of nitrogens with one attached hydrogen (secondary N) is 1. The monoisotopic (exact) mass is 197 g/mol. The van der Waals surface area contributed by atoms with Crippen molar-refractivity contribution >= 4 is 0 Å². The molecule has 0 aromatic carbocycles. The molecule has 1 unspecified atom stereocenters. The molecule has 0 spiro atoms. The van der Waals surface area contributed by atoms with Gasteiger partial charge in [-0.05, 0) is 25.2 Å². The summed E-state index contributed by atoms with van der Waals surface area (Å²) < 4.78 is 5.79. The summed E-state index contributed by atoms with van der Waals surface area (Å²) in [6.45, 7) is 9.93. The van der Waals surface area contributed by atoms with E-state index < -0.39 is 0 Å². The van der Waals surface area contributed by atoms with Gasteiger partial charge < -0.3 is 10.1 Å². The van der Waals surface area contributed by atoms with Crippen molar-refractivity contribution in [3.05, 3.63) is 12.7 Å². The third kappa shape index (κ3) is 4.77. The van der Waals surface area contributed by atoms with Crippen molar-refractivity contribution in [1.29, 1.82) is 0 Å². The van der Waals surface area contributed by atoms with Gasteiger partial charge in [0, 0.05) is 12.6 Å². The molecule has 1 aliphatic rings. The van der Waals surface area contributed by atoms with Crippen molar-refractivity contribution < 1.29 is 4.74 Å². The molecule has 1 aliphatic carbocycles. The maximum atomic E-state index is 5.79. The molecule has 1 atom stereocenters. The minimum atomic E-state index is 0.357. The summed E-state index contributed by atoms with van der Waals surface area (Å²) in [5.41, 5.74) is 0. The van der Waals surface area contributed by atoms with Crippen LogP contribution in [0.3, 0.4) is 0 Å². The highest BCUT2D eigenvalue weighted by Gasteiger charge is 2.23. The minimum absolute atomic E-state index is 0.357. The second-order valence-electron chi connectivity index (χ2n) is 4.41. The highest BCUT2D eigenvalue weighted by atomic mass is 16.5. The lowest BCUT2D eigenvalue weighted by Crippen LogP contribution is -2.34. The van der Waals surface area contributed by atoms with Crippen LogP contribution in [0.25, 0.3) is 0 Å². The van der Waals surface area contributed by atoms with Crippen molar-refractivity contribution in [2.75, 3.05) is 13.2 Å². The molecule has 0 amide bonds. The highest BCUT2D eigenvalue weighted by Crippen LogP contribution is 2.19. The van der Waals surface area contributed by atoms with Crippen molar-refractivity contribution in [1.82, 2.24) is 5.32 Å². The van der Waals surface area contributed by atoms with Gasteiger partial charge in [-0.25, -0.2) is 0 Å². The molecule has 0 aliphatic heterocycles. The fourth-order valence-electron chi connectivity index (χ4n) is 1.36. The second-order valence-corrected chi connectivity index (χ2v) is 4.41. The van der Waals surface area contributed by atoms with Gasteiger partial charge in [0.1, 0.15) is 0 Å². The zero-order chi connectivity index (χ0) is 10.4. The zero-order valence-corrected chi connectivity index (χ0v) is 9.46. The maximum Gasteiger partial charge on any atom is 0.0722 e. The fraction of sp³-hybridized carbons (Fsp3) is 0.833. The van der Waals surface area contributed by atoms with E-state index in [4.69, 9.17) is 4.74 Å². The molecular formula is C12H23NO. The minimum Gasteiger partial charge on any atom is -0.376 e. The van der Waals surface area contributed by atoms with Crippen LogP contribution in [0, 0.1) is 5.92 Å². The number of rotatable bonds is 8. The lowest BCUT2D eigenvalue weighted by molar-refractivity contribution is 0.0254. The van der Waals surface area contributed by atoms with Crippen LogP contribution in [0.1, 0.15) is 33.1 Å². The molecule has 2 nitrogen and oxygen atoms in total. The third-order valence-corrected chi connectivity index (χ3v) is 2.58. The summed E-state index contributed by atoms with van der Waals surface area (Å²) in [4.78, 5) is 0. The third-order valence-electron chi connectivity index (χ3n) is 2.58. The normalized spacial score (nSPS) is 18.5. The molecule has 1 saturated carbocycles. The fourth-order valence-corrected chi connectivity index (χ4v) is 1.36. The van der Waals surface area contributed by atoms with E-state index in [0.29, 0.717) is 12.0 Å². The van der Waals surface area contributed by atoms with Gasteiger partial charge in [0.15, 0.2) is 0 Å². The average Bonchev–Trinajstić information content (AvgIpc) is 2.94. The van der Waals surface area contributed by atoms with Crippen LogP contribution < -0.4 is 5.32 Å². The van der Waals surface area contributed by atoms with Gasteiger partial charge in [-0.2, -0.15) is 0 Å². The molecule has 0 saturated heterocycles. The molecule has 1 rings (SSSR count). The molecule has 1 N–H and O–H groups in total. The van der Waals surface area contributed by atoms with E-state index in [2.05, 4.69) is 25.7 Å². The molecule has 0 bridgehead atoms. The second kappa shape index (κ2) is 6.20. The van der Waals surface area contributed by atoms with Crippen LogP contribution in [0.2, 0.25) is 0 Å². The first-order chi connectivity index (χ1) is 6.74. The topological polar surface area (TPSA) is 21.3 Å². The van der Waals surface area contributed by atoms with Crippen LogP contribution in [-0.4, -0.2) is 25.3 Å². The van der Waals surface area contributed by atoms with Gasteiger partial charge in [0.2, 0.25) is 0 Å². The lowest BCUT2D eigenvalue weighted by Gasteiger charge is -2.21. The van der Waals surface area contributed by atoms with E-state index in [0.717, 1.165) is 25.6 Å². The number of hydrogen-bond acceptors (Lipinski definition) is 2. The Hall–Kier alpha value is -0.340. The molecule has 0 heterocycles. The summed E-state index contributed by atoms with van der Waals surface area (Å²) >= 11 is 0. The van der Waals surface area contributed by atoms with Crippen molar-refractivity contribution in [3.63, 3.8) is 0 Å². The largest absolute Gasteiger partial charge is 0.376 e. The Balaban J connectivity index is 2.11. The van der Waals surface area contributed by atoms with Crippen LogP contribution >= 0.6 is 0 Å². The molecule has 82 valence electrons. The first kappa shape index (κ1) is 11.7. The van der Waals surface area contributed by atoms with Crippen LogP contribution in [0.4, 0.5) is 0 Å². The summed E-state index contributed by atoms with van der Waals surface area (Å²) in [6, 6.07) is 0.777. The maximum absolute atomic E-state index is 5.79. The summed E-state index contributed by atoms with van der Waals surface area (Å²) in [5, 5.41) is 3.51. The van der Waals surface area contributed by atoms with E-state index in [1.54, 1.807) is 0 Å². The molecular weight excluding hydrogens is 174 g/mol. The molecule has 1 fully saturated rings. The van der Waals surface area contributed by atoms with Gasteiger partial charge in [-0.1, -0.05) is 19.9 Å². The van der Waals surface area contributed by atoms with E-state index in [9.17, 15) is 0 Å². The number of hydrogen-bond donors (Lipinski definition) is 1. The summed E-state index contributed by atoms with van der Waals surface area (Å²) in [6.07, 6.45) is 5.91. The molecule has 0 radical (unpaired) electrons. The Kier molecular flexibility index (Phi) is 5.20. The number of ether oxygens (including phenoxy) is 1. The molecule has 14 heavy (non-hydrogen) atoms. The molecule has 0 aromatic rings. The van der Waals surface area contributed by atoms with Crippen LogP contribution in [-0.2, 0) is 4.74 Å². The first-order valence-electron chi connectivity index (χ1n) is 5.70. The van der Waals surface area contributed by atoms with Gasteiger partial charge in [0.05, 0.1) is 12.7 Å². The van der Waals surface area contributed by atoms with Crippen molar-refractivity contribution in [2.45, 2.75) is 45.3 Å². The summed E-state index contributed by atoms with van der Waals surface area (Å²) in [7, 11) is 0. The SMILES string of the molecule is C=CCCOC(CNC1CC1)C(C)C. The van der Waals surface area contributed by atoms with E-state index >= 15 is 0 Å². The van der Waals surface area contributed by atoms with Gasteiger partial charge >= 0.3 is 0 Å². The zero-order valence-electron chi connectivity index (χ0n) is 9.46. The molecule has 0 aromatic heterocycles.